The summed E-state index contributed by atoms with van der Waals surface area (Å²) in [6.45, 7) is 7.42. The number of carbonyl (C=O) groups excluding carboxylic acids is 1. The van der Waals surface area contributed by atoms with Crippen LogP contribution in [0.1, 0.15) is 65.7 Å². The quantitative estimate of drug-likeness (QED) is 0.638. The molecule has 0 spiro atoms. The number of hydrogen-bond donors (Lipinski definition) is 0. The van der Waals surface area contributed by atoms with Gasteiger partial charge in [0.25, 0.3) is 0 Å². The second-order valence-electron chi connectivity index (χ2n) is 5.50. The Morgan fingerprint density at radius 3 is 2.17 bits per heavy atom. The highest BCUT2D eigenvalue weighted by Gasteiger charge is 2.42. The van der Waals surface area contributed by atoms with Crippen molar-refractivity contribution in [3.8, 4) is 0 Å². The van der Waals surface area contributed by atoms with E-state index in [1.807, 2.05) is 0 Å². The summed E-state index contributed by atoms with van der Waals surface area (Å²) in [5, 5.41) is 0.884. The van der Waals surface area contributed by atoms with Gasteiger partial charge < -0.3 is 4.90 Å². The van der Waals surface area contributed by atoms with E-state index in [-0.39, 0.29) is 5.41 Å². The molecule has 0 aromatic heterocycles. The Hall–Kier alpha value is -0.0500. The fourth-order valence-electron chi connectivity index (χ4n) is 3.35. The molecule has 1 rings (SSSR count). The van der Waals surface area contributed by atoms with E-state index in [0.717, 1.165) is 44.0 Å². The summed E-state index contributed by atoms with van der Waals surface area (Å²) in [5.74, 6) is 0.427. The molecule has 106 valence electrons. The number of carbonyl (C=O) groups is 1. The molecule has 3 heteroatoms. The van der Waals surface area contributed by atoms with Gasteiger partial charge in [-0.2, -0.15) is 0 Å². The molecule has 0 aliphatic heterocycles. The average Bonchev–Trinajstić information content (AvgIpc) is 2.88. The monoisotopic (exact) mass is 317 g/mol. The molecule has 1 amide bonds. The van der Waals surface area contributed by atoms with Gasteiger partial charge in [0, 0.05) is 23.3 Å². The molecule has 1 saturated carbocycles. The van der Waals surface area contributed by atoms with E-state index in [1.54, 1.807) is 0 Å². The summed E-state index contributed by atoms with van der Waals surface area (Å²) in [4.78, 5) is 15.1. The molecule has 0 aromatic carbocycles. The van der Waals surface area contributed by atoms with Crippen LogP contribution < -0.4 is 0 Å². The zero-order valence-corrected chi connectivity index (χ0v) is 13.8. The van der Waals surface area contributed by atoms with E-state index in [1.165, 1.54) is 12.8 Å². The third-order valence-electron chi connectivity index (χ3n) is 4.66. The van der Waals surface area contributed by atoms with Crippen LogP contribution in [-0.4, -0.2) is 28.7 Å². The first kappa shape index (κ1) is 16.0. The van der Waals surface area contributed by atoms with Crippen LogP contribution in [0, 0.1) is 5.41 Å². The number of nitrogens with zero attached hydrogens (tertiary/aromatic N) is 1. The van der Waals surface area contributed by atoms with Crippen molar-refractivity contribution in [1.29, 1.82) is 0 Å². The molecular formula is C15H28BrNO. The molecule has 0 atom stereocenters. The minimum atomic E-state index is -0.0369. The second-order valence-corrected chi connectivity index (χ2v) is 6.29. The lowest BCUT2D eigenvalue weighted by molar-refractivity contribution is -0.144. The van der Waals surface area contributed by atoms with Crippen molar-refractivity contribution in [2.24, 2.45) is 5.41 Å². The van der Waals surface area contributed by atoms with Gasteiger partial charge in [-0.15, -0.1) is 0 Å². The molecule has 2 nitrogen and oxygen atoms in total. The molecule has 0 unspecified atom stereocenters. The van der Waals surface area contributed by atoms with Crippen LogP contribution >= 0.6 is 15.9 Å². The van der Waals surface area contributed by atoms with Crippen LogP contribution in [0.2, 0.25) is 0 Å². The van der Waals surface area contributed by atoms with E-state index in [2.05, 4.69) is 41.6 Å². The summed E-state index contributed by atoms with van der Waals surface area (Å²) in [6, 6.07) is 0.416. The third-order valence-corrected chi connectivity index (χ3v) is 5.02. The smallest absolute Gasteiger partial charge is 0.229 e. The van der Waals surface area contributed by atoms with Gasteiger partial charge in [0.15, 0.2) is 0 Å². The summed E-state index contributed by atoms with van der Waals surface area (Å²) < 4.78 is 0. The van der Waals surface area contributed by atoms with E-state index < -0.39 is 0 Å². The minimum Gasteiger partial charge on any atom is -0.338 e. The summed E-state index contributed by atoms with van der Waals surface area (Å²) in [7, 11) is 0. The molecule has 1 aliphatic rings. The van der Waals surface area contributed by atoms with E-state index in [0.29, 0.717) is 11.9 Å². The van der Waals surface area contributed by atoms with Crippen molar-refractivity contribution < 1.29 is 4.79 Å². The SMILES string of the molecule is CCC(CC)N(CCBr)C(=O)C1(CC)CCCC1. The molecule has 0 saturated heterocycles. The molecular weight excluding hydrogens is 290 g/mol. The molecule has 18 heavy (non-hydrogen) atoms. The Labute approximate surface area is 121 Å². The lowest BCUT2D eigenvalue weighted by atomic mass is 9.81. The van der Waals surface area contributed by atoms with E-state index in [4.69, 9.17) is 0 Å². The van der Waals surface area contributed by atoms with Gasteiger partial charge in [0.1, 0.15) is 0 Å². The van der Waals surface area contributed by atoms with Gasteiger partial charge in [-0.25, -0.2) is 0 Å². The van der Waals surface area contributed by atoms with Crippen LogP contribution in [0.15, 0.2) is 0 Å². The predicted octanol–water partition coefficient (Wildman–Crippen LogP) is 4.37. The average molecular weight is 318 g/mol. The Morgan fingerprint density at radius 1 is 1.22 bits per heavy atom. The molecule has 0 bridgehead atoms. The number of rotatable bonds is 7. The molecule has 1 aliphatic carbocycles. The fraction of sp³-hybridized carbons (Fsp3) is 0.933. The third kappa shape index (κ3) is 3.28. The normalized spacial score (nSPS) is 18.3. The zero-order chi connectivity index (χ0) is 13.6. The zero-order valence-electron chi connectivity index (χ0n) is 12.2. The van der Waals surface area contributed by atoms with Gasteiger partial charge in [0.05, 0.1) is 0 Å². The minimum absolute atomic E-state index is 0.0369. The molecule has 0 N–H and O–H groups in total. The van der Waals surface area contributed by atoms with Crippen molar-refractivity contribution in [1.82, 2.24) is 4.90 Å². The van der Waals surface area contributed by atoms with Crippen LogP contribution in [0.4, 0.5) is 0 Å². The molecule has 0 heterocycles. The first-order valence-electron chi connectivity index (χ1n) is 7.52. The number of alkyl halides is 1. The second kappa shape index (κ2) is 7.52. The summed E-state index contributed by atoms with van der Waals surface area (Å²) >= 11 is 3.50. The number of hydrogen-bond acceptors (Lipinski definition) is 1. The van der Waals surface area contributed by atoms with Crippen LogP contribution in [0.5, 0.6) is 0 Å². The van der Waals surface area contributed by atoms with Gasteiger partial charge in [-0.05, 0) is 32.1 Å². The highest BCUT2D eigenvalue weighted by Crippen LogP contribution is 2.43. The maximum absolute atomic E-state index is 13.0. The molecule has 1 fully saturated rings. The largest absolute Gasteiger partial charge is 0.338 e. The Bertz CT molecular complexity index is 257. The van der Waals surface area contributed by atoms with Gasteiger partial charge in [0.2, 0.25) is 5.91 Å². The first-order chi connectivity index (χ1) is 8.65. The standard InChI is InChI=1S/C15H28BrNO/c1-4-13(5-2)17(12-11-16)14(18)15(6-3)9-7-8-10-15/h13H,4-12H2,1-3H3. The van der Waals surface area contributed by atoms with E-state index >= 15 is 0 Å². The van der Waals surface area contributed by atoms with Crippen molar-refractivity contribution in [3.63, 3.8) is 0 Å². The number of amides is 1. The Kier molecular flexibility index (Phi) is 6.68. The van der Waals surface area contributed by atoms with Gasteiger partial charge in [-0.1, -0.05) is 49.5 Å². The highest BCUT2D eigenvalue weighted by molar-refractivity contribution is 9.09. The lowest BCUT2D eigenvalue weighted by Crippen LogP contribution is -2.48. The molecule has 0 aromatic rings. The fourth-order valence-corrected chi connectivity index (χ4v) is 3.73. The Morgan fingerprint density at radius 2 is 1.78 bits per heavy atom. The lowest BCUT2D eigenvalue weighted by Gasteiger charge is -2.38. The molecule has 0 radical (unpaired) electrons. The first-order valence-corrected chi connectivity index (χ1v) is 8.64. The topological polar surface area (TPSA) is 20.3 Å². The van der Waals surface area contributed by atoms with Gasteiger partial charge in [-0.3, -0.25) is 4.79 Å². The highest BCUT2D eigenvalue weighted by atomic mass is 79.9. The van der Waals surface area contributed by atoms with Crippen LogP contribution in [0.3, 0.4) is 0 Å². The maximum Gasteiger partial charge on any atom is 0.229 e. The summed E-state index contributed by atoms with van der Waals surface area (Å²) in [6.07, 6.45) is 7.78. The number of halogens is 1. The maximum atomic E-state index is 13.0. The van der Waals surface area contributed by atoms with Crippen LogP contribution in [-0.2, 0) is 4.79 Å². The Balaban J connectivity index is 2.86. The van der Waals surface area contributed by atoms with Crippen molar-refractivity contribution in [2.45, 2.75) is 71.8 Å². The van der Waals surface area contributed by atoms with Crippen molar-refractivity contribution >= 4 is 21.8 Å². The van der Waals surface area contributed by atoms with Crippen molar-refractivity contribution in [2.75, 3.05) is 11.9 Å². The van der Waals surface area contributed by atoms with Gasteiger partial charge >= 0.3 is 0 Å². The summed E-state index contributed by atoms with van der Waals surface area (Å²) in [5.41, 5.74) is -0.0369. The van der Waals surface area contributed by atoms with Crippen LogP contribution in [0.25, 0.3) is 0 Å². The van der Waals surface area contributed by atoms with Crippen molar-refractivity contribution in [3.05, 3.63) is 0 Å². The van der Waals surface area contributed by atoms with E-state index in [9.17, 15) is 4.79 Å². The predicted molar refractivity (Wildman–Crippen MR) is 81.1 cm³/mol.